The first-order valence-corrected chi connectivity index (χ1v) is 10.2. The zero-order valence-electron chi connectivity index (χ0n) is 16.3. The fourth-order valence-electron chi connectivity index (χ4n) is 3.49. The zero-order valence-corrected chi connectivity index (χ0v) is 17.1. The number of thiazole rings is 1. The Balaban J connectivity index is 0.000000318. The molecule has 4 rings (SSSR count). The minimum absolute atomic E-state index is 0.0436. The van der Waals surface area contributed by atoms with Crippen molar-refractivity contribution < 1.29 is 32.5 Å². The highest BCUT2D eigenvalue weighted by Crippen LogP contribution is 2.37. The van der Waals surface area contributed by atoms with Gasteiger partial charge in [0.05, 0.1) is 23.4 Å². The lowest BCUT2D eigenvalue weighted by Gasteiger charge is -2.23. The molecule has 2 fully saturated rings. The number of pyridine rings is 1. The summed E-state index contributed by atoms with van der Waals surface area (Å²) in [7, 11) is 0. The molecule has 0 bridgehead atoms. The Morgan fingerprint density at radius 3 is 2.80 bits per heavy atom. The van der Waals surface area contributed by atoms with Crippen molar-refractivity contribution >= 4 is 17.3 Å². The molecule has 2 aliphatic heterocycles. The molecule has 4 heterocycles. The molecule has 30 heavy (non-hydrogen) atoms. The van der Waals surface area contributed by atoms with E-state index in [-0.39, 0.29) is 11.7 Å². The highest BCUT2D eigenvalue weighted by molar-refractivity contribution is 7.09. The van der Waals surface area contributed by atoms with Gasteiger partial charge in [-0.2, -0.15) is 13.2 Å². The van der Waals surface area contributed by atoms with Crippen molar-refractivity contribution in [2.75, 3.05) is 19.7 Å². The SMILES string of the molecule is Cc1ncsc1CN1CC[C@]2(C[C@@H](Oc3ccccn3)CO2)C1.O=C(O)C(F)(F)F. The lowest BCUT2D eigenvalue weighted by molar-refractivity contribution is -0.192. The quantitative estimate of drug-likeness (QED) is 0.773. The molecule has 0 aliphatic carbocycles. The van der Waals surface area contributed by atoms with Gasteiger partial charge in [-0.3, -0.25) is 4.90 Å². The van der Waals surface area contributed by atoms with Crippen LogP contribution in [0, 0.1) is 6.92 Å². The smallest absolute Gasteiger partial charge is 0.475 e. The van der Waals surface area contributed by atoms with Crippen molar-refractivity contribution in [3.05, 3.63) is 40.5 Å². The number of alkyl halides is 3. The normalized spacial score (nSPS) is 23.9. The van der Waals surface area contributed by atoms with E-state index in [2.05, 4.69) is 21.8 Å². The number of aliphatic carboxylic acids is 1. The van der Waals surface area contributed by atoms with E-state index in [4.69, 9.17) is 19.4 Å². The van der Waals surface area contributed by atoms with Gasteiger partial charge in [0.15, 0.2) is 0 Å². The molecular formula is C19H22F3N3O4S. The number of hydrogen-bond donors (Lipinski definition) is 1. The highest BCUT2D eigenvalue weighted by Gasteiger charge is 2.46. The third kappa shape index (κ3) is 5.89. The Hall–Kier alpha value is -2.24. The summed E-state index contributed by atoms with van der Waals surface area (Å²) in [5.41, 5.74) is 3.04. The molecule has 0 aromatic carbocycles. The Labute approximate surface area is 175 Å². The van der Waals surface area contributed by atoms with Gasteiger partial charge in [-0.15, -0.1) is 11.3 Å². The Bertz CT molecular complexity index is 849. The minimum atomic E-state index is -5.08. The van der Waals surface area contributed by atoms with Crippen LogP contribution in [0.3, 0.4) is 0 Å². The number of carboxylic acid groups (broad SMARTS) is 1. The summed E-state index contributed by atoms with van der Waals surface area (Å²) in [5, 5.41) is 7.12. The van der Waals surface area contributed by atoms with Gasteiger partial charge in [-0.1, -0.05) is 6.07 Å². The maximum atomic E-state index is 10.6. The average Bonchev–Trinajstić information content (AvgIpc) is 3.39. The van der Waals surface area contributed by atoms with Gasteiger partial charge in [-0.25, -0.2) is 14.8 Å². The summed E-state index contributed by atoms with van der Waals surface area (Å²) < 4.78 is 43.9. The van der Waals surface area contributed by atoms with Crippen LogP contribution in [0.15, 0.2) is 29.9 Å². The van der Waals surface area contributed by atoms with Crippen molar-refractivity contribution in [3.63, 3.8) is 0 Å². The summed E-state index contributed by atoms with van der Waals surface area (Å²) in [4.78, 5) is 21.3. The number of halogens is 3. The summed E-state index contributed by atoms with van der Waals surface area (Å²) in [6, 6.07) is 5.75. The molecule has 2 aromatic heterocycles. The first-order chi connectivity index (χ1) is 14.2. The maximum absolute atomic E-state index is 10.6. The molecule has 0 radical (unpaired) electrons. The lowest BCUT2D eigenvalue weighted by atomic mass is 9.98. The number of rotatable bonds is 4. The van der Waals surface area contributed by atoms with E-state index in [1.807, 2.05) is 23.7 Å². The second kappa shape index (κ2) is 9.27. The number of carboxylic acids is 1. The van der Waals surface area contributed by atoms with E-state index in [1.54, 1.807) is 17.5 Å². The fourth-order valence-corrected chi connectivity index (χ4v) is 4.31. The maximum Gasteiger partial charge on any atom is 0.490 e. The van der Waals surface area contributed by atoms with Crippen molar-refractivity contribution in [3.8, 4) is 5.88 Å². The van der Waals surface area contributed by atoms with Gasteiger partial charge in [-0.05, 0) is 19.4 Å². The number of ether oxygens (including phenoxy) is 2. The van der Waals surface area contributed by atoms with E-state index in [0.717, 1.165) is 38.2 Å². The van der Waals surface area contributed by atoms with Crippen LogP contribution >= 0.6 is 11.3 Å². The predicted octanol–water partition coefficient (Wildman–Crippen LogP) is 3.29. The monoisotopic (exact) mass is 445 g/mol. The van der Waals surface area contributed by atoms with Crippen LogP contribution in [0.5, 0.6) is 5.88 Å². The second-order valence-corrected chi connectivity index (χ2v) is 8.17. The molecule has 0 unspecified atom stereocenters. The number of carbonyl (C=O) groups is 1. The molecule has 7 nitrogen and oxygen atoms in total. The van der Waals surface area contributed by atoms with E-state index in [1.165, 1.54) is 4.88 Å². The van der Waals surface area contributed by atoms with Crippen LogP contribution in [-0.4, -0.2) is 63.5 Å². The molecule has 11 heteroatoms. The molecular weight excluding hydrogens is 423 g/mol. The molecule has 2 aliphatic rings. The highest BCUT2D eigenvalue weighted by atomic mass is 32.1. The zero-order chi connectivity index (χ0) is 21.8. The molecule has 2 saturated heterocycles. The molecule has 1 spiro atoms. The van der Waals surface area contributed by atoms with Crippen LogP contribution in [0.25, 0.3) is 0 Å². The number of hydrogen-bond acceptors (Lipinski definition) is 7. The van der Waals surface area contributed by atoms with E-state index in [9.17, 15) is 13.2 Å². The average molecular weight is 445 g/mol. The standard InChI is InChI=1S/C17H21N3O2S.C2HF3O2/c1-13-15(23-12-19-13)9-20-7-5-17(11-20)8-14(10-21-17)22-16-4-2-3-6-18-16;3-2(4,5)1(6)7/h2-4,6,12,14H,5,7-11H2,1H3;(H,6,7)/t14-,17+;/m1./s1. The number of aromatic nitrogens is 2. The van der Waals surface area contributed by atoms with Crippen molar-refractivity contribution in [2.45, 2.75) is 44.2 Å². The summed E-state index contributed by atoms with van der Waals surface area (Å²) >= 11 is 1.74. The van der Waals surface area contributed by atoms with Gasteiger partial charge in [0, 0.05) is 43.2 Å². The first-order valence-electron chi connectivity index (χ1n) is 9.30. The first kappa shape index (κ1) is 22.4. The molecule has 0 amide bonds. The van der Waals surface area contributed by atoms with Crippen LogP contribution in [0.4, 0.5) is 13.2 Å². The second-order valence-electron chi connectivity index (χ2n) is 7.23. The molecule has 1 N–H and O–H groups in total. The number of nitrogens with zero attached hydrogens (tertiary/aromatic N) is 3. The van der Waals surface area contributed by atoms with Crippen molar-refractivity contribution in [1.29, 1.82) is 0 Å². The van der Waals surface area contributed by atoms with Gasteiger partial charge < -0.3 is 14.6 Å². The topological polar surface area (TPSA) is 84.8 Å². The Kier molecular flexibility index (Phi) is 6.94. The summed E-state index contributed by atoms with van der Waals surface area (Å²) in [6.07, 6.45) is -1.19. The molecule has 2 aromatic rings. The third-order valence-electron chi connectivity index (χ3n) is 4.95. The van der Waals surface area contributed by atoms with Crippen molar-refractivity contribution in [1.82, 2.24) is 14.9 Å². The Morgan fingerprint density at radius 2 is 2.20 bits per heavy atom. The van der Waals surface area contributed by atoms with Crippen LogP contribution in [0.1, 0.15) is 23.4 Å². The van der Waals surface area contributed by atoms with Crippen LogP contribution < -0.4 is 4.74 Å². The summed E-state index contributed by atoms with van der Waals surface area (Å²) in [5.74, 6) is -2.07. The Morgan fingerprint density at radius 1 is 1.43 bits per heavy atom. The van der Waals surface area contributed by atoms with Crippen LogP contribution in [0.2, 0.25) is 0 Å². The molecule has 164 valence electrons. The number of aryl methyl sites for hydroxylation is 1. The largest absolute Gasteiger partial charge is 0.490 e. The van der Waals surface area contributed by atoms with Gasteiger partial charge in [0.1, 0.15) is 6.10 Å². The van der Waals surface area contributed by atoms with Gasteiger partial charge in [0.25, 0.3) is 0 Å². The number of likely N-dealkylation sites (tertiary alicyclic amines) is 1. The molecule has 0 saturated carbocycles. The van der Waals surface area contributed by atoms with Gasteiger partial charge >= 0.3 is 12.1 Å². The minimum Gasteiger partial charge on any atom is -0.475 e. The van der Waals surface area contributed by atoms with Gasteiger partial charge in [0.2, 0.25) is 5.88 Å². The van der Waals surface area contributed by atoms with E-state index >= 15 is 0 Å². The fraction of sp³-hybridized carbons (Fsp3) is 0.526. The van der Waals surface area contributed by atoms with E-state index in [0.29, 0.717) is 12.5 Å². The summed E-state index contributed by atoms with van der Waals surface area (Å²) in [6.45, 7) is 5.78. The third-order valence-corrected chi connectivity index (χ3v) is 5.87. The molecule has 2 atom stereocenters. The van der Waals surface area contributed by atoms with E-state index < -0.39 is 12.1 Å². The van der Waals surface area contributed by atoms with Crippen LogP contribution in [-0.2, 0) is 16.1 Å². The lowest BCUT2D eigenvalue weighted by Crippen LogP contribution is -2.33. The van der Waals surface area contributed by atoms with Crippen molar-refractivity contribution in [2.24, 2.45) is 0 Å². The predicted molar refractivity (Wildman–Crippen MR) is 102 cm³/mol.